The van der Waals surface area contributed by atoms with E-state index in [-0.39, 0.29) is 0 Å². The van der Waals surface area contributed by atoms with Crippen molar-refractivity contribution in [3.63, 3.8) is 0 Å². The summed E-state index contributed by atoms with van der Waals surface area (Å²) in [7, 11) is 0. The number of fused-ring (bicyclic) bond motifs is 3. The maximum absolute atomic E-state index is 6.52. The zero-order chi connectivity index (χ0) is 37.3. The number of nitrogens with zero attached hydrogens (tertiary/aromatic N) is 4. The zero-order valence-electron chi connectivity index (χ0n) is 30.3. The Kier molecular flexibility index (Phi) is 8.43. The average Bonchev–Trinajstić information content (AvgIpc) is 3.66. The van der Waals surface area contributed by atoms with Crippen molar-refractivity contribution in [3.8, 4) is 56.4 Å². The Morgan fingerprint density at radius 3 is 1.32 bits per heavy atom. The first kappa shape index (κ1) is 33.0. The molecule has 264 valence electrons. The zero-order valence-corrected chi connectivity index (χ0v) is 30.3. The van der Waals surface area contributed by atoms with Crippen LogP contribution in [0.1, 0.15) is 0 Å². The number of benzene rings is 8. The summed E-state index contributed by atoms with van der Waals surface area (Å²) in [5.74, 6) is 1.86. The van der Waals surface area contributed by atoms with Crippen molar-refractivity contribution in [1.29, 1.82) is 0 Å². The van der Waals surface area contributed by atoms with E-state index in [9.17, 15) is 0 Å². The molecule has 5 nitrogen and oxygen atoms in total. The number of para-hydroxylation sites is 2. The molecule has 0 unspecified atom stereocenters. The molecule has 5 heteroatoms. The minimum absolute atomic E-state index is 0.603. The van der Waals surface area contributed by atoms with Crippen molar-refractivity contribution < 1.29 is 4.42 Å². The smallest absolute Gasteiger partial charge is 0.164 e. The molecule has 0 spiro atoms. The molecule has 56 heavy (non-hydrogen) atoms. The van der Waals surface area contributed by atoms with Gasteiger partial charge in [0.05, 0.1) is 0 Å². The number of rotatable bonds is 8. The standard InChI is InChI=1S/C51H34N4O/c1-5-14-38(15-6-1)49-52-50(39-16-7-2-8-17-39)54-51(53-49)45-22-13-23-46-48(45)44-33-30-40(34-47(44)56-46)37-26-24-35(25-27-37)36-28-31-43(32-29-36)55(41-18-9-3-10-19-41)42-20-11-4-12-21-42/h1-34H. The number of hydrogen-bond donors (Lipinski definition) is 0. The van der Waals surface area contributed by atoms with E-state index in [1.807, 2.05) is 84.9 Å². The average molecular weight is 719 g/mol. The molecule has 10 rings (SSSR count). The molecule has 0 radical (unpaired) electrons. The second kappa shape index (κ2) is 14.3. The van der Waals surface area contributed by atoms with Gasteiger partial charge in [-0.1, -0.05) is 152 Å². The minimum atomic E-state index is 0.603. The Balaban J connectivity index is 0.972. The number of aromatic nitrogens is 3. The summed E-state index contributed by atoms with van der Waals surface area (Å²) in [4.78, 5) is 17.2. The normalized spacial score (nSPS) is 11.2. The molecule has 0 aliphatic carbocycles. The van der Waals surface area contributed by atoms with Crippen LogP contribution < -0.4 is 4.90 Å². The summed E-state index contributed by atoms with van der Waals surface area (Å²) < 4.78 is 6.52. The van der Waals surface area contributed by atoms with Gasteiger partial charge in [0, 0.05) is 44.5 Å². The SMILES string of the molecule is c1ccc(-c2nc(-c3ccccc3)nc(-c3cccc4oc5cc(-c6ccc(-c7ccc(N(c8ccccc8)c8ccccc8)cc7)cc6)ccc5c34)n2)cc1. The second-order valence-corrected chi connectivity index (χ2v) is 13.7. The van der Waals surface area contributed by atoms with E-state index in [0.29, 0.717) is 17.5 Å². The molecule has 8 aromatic carbocycles. The van der Waals surface area contributed by atoms with Crippen LogP contribution >= 0.6 is 0 Å². The van der Waals surface area contributed by atoms with Crippen LogP contribution in [0.5, 0.6) is 0 Å². The highest BCUT2D eigenvalue weighted by Crippen LogP contribution is 2.39. The van der Waals surface area contributed by atoms with Crippen LogP contribution in [0.2, 0.25) is 0 Å². The molecule has 0 fully saturated rings. The van der Waals surface area contributed by atoms with E-state index in [0.717, 1.165) is 77.9 Å². The molecule has 0 bridgehead atoms. The first-order valence-corrected chi connectivity index (χ1v) is 18.7. The third-order valence-electron chi connectivity index (χ3n) is 10.1. The van der Waals surface area contributed by atoms with Crippen molar-refractivity contribution >= 4 is 39.0 Å². The van der Waals surface area contributed by atoms with Crippen molar-refractivity contribution in [2.75, 3.05) is 4.90 Å². The summed E-state index contributed by atoms with van der Waals surface area (Å²) in [5.41, 5.74) is 12.2. The third-order valence-corrected chi connectivity index (χ3v) is 10.1. The van der Waals surface area contributed by atoms with E-state index in [2.05, 4.69) is 126 Å². The Hall–Kier alpha value is -7.63. The van der Waals surface area contributed by atoms with Gasteiger partial charge in [-0.25, -0.2) is 15.0 Å². The lowest BCUT2D eigenvalue weighted by atomic mass is 9.98. The van der Waals surface area contributed by atoms with Gasteiger partial charge in [0.1, 0.15) is 11.2 Å². The highest BCUT2D eigenvalue weighted by atomic mass is 16.3. The van der Waals surface area contributed by atoms with Gasteiger partial charge in [-0.15, -0.1) is 0 Å². The van der Waals surface area contributed by atoms with E-state index in [1.54, 1.807) is 0 Å². The maximum atomic E-state index is 6.52. The van der Waals surface area contributed by atoms with Gasteiger partial charge in [-0.05, 0) is 76.9 Å². The molecule has 0 aliphatic rings. The first-order chi connectivity index (χ1) is 27.7. The van der Waals surface area contributed by atoms with E-state index in [1.165, 1.54) is 0 Å². The summed E-state index contributed by atoms with van der Waals surface area (Å²) in [6.07, 6.45) is 0. The molecule has 0 aliphatic heterocycles. The van der Waals surface area contributed by atoms with Gasteiger partial charge in [0.25, 0.3) is 0 Å². The van der Waals surface area contributed by atoms with Crippen LogP contribution in [0.3, 0.4) is 0 Å². The fourth-order valence-corrected chi connectivity index (χ4v) is 7.38. The highest BCUT2D eigenvalue weighted by Gasteiger charge is 2.18. The van der Waals surface area contributed by atoms with Gasteiger partial charge in [0.15, 0.2) is 17.5 Å². The molecule has 0 N–H and O–H groups in total. The van der Waals surface area contributed by atoms with Crippen LogP contribution in [0, 0.1) is 0 Å². The lowest BCUT2D eigenvalue weighted by molar-refractivity contribution is 0.669. The fourth-order valence-electron chi connectivity index (χ4n) is 7.38. The molecule has 2 heterocycles. The third kappa shape index (κ3) is 6.27. The van der Waals surface area contributed by atoms with Gasteiger partial charge in [-0.2, -0.15) is 0 Å². The molecule has 0 amide bonds. The quantitative estimate of drug-likeness (QED) is 0.157. The van der Waals surface area contributed by atoms with Gasteiger partial charge in [0.2, 0.25) is 0 Å². The number of hydrogen-bond acceptors (Lipinski definition) is 5. The Bertz CT molecular complexity index is 2830. The van der Waals surface area contributed by atoms with E-state index in [4.69, 9.17) is 19.4 Å². The monoisotopic (exact) mass is 718 g/mol. The molecule has 0 atom stereocenters. The highest BCUT2D eigenvalue weighted by molar-refractivity contribution is 6.12. The lowest BCUT2D eigenvalue weighted by Crippen LogP contribution is -2.09. The first-order valence-electron chi connectivity index (χ1n) is 18.7. The molecular weight excluding hydrogens is 685 g/mol. The predicted molar refractivity (Wildman–Crippen MR) is 229 cm³/mol. The minimum Gasteiger partial charge on any atom is -0.456 e. The van der Waals surface area contributed by atoms with Crippen molar-refractivity contribution in [1.82, 2.24) is 15.0 Å². The number of furan rings is 1. The lowest BCUT2D eigenvalue weighted by Gasteiger charge is -2.25. The van der Waals surface area contributed by atoms with Crippen LogP contribution in [0.15, 0.2) is 211 Å². The molecule has 0 saturated carbocycles. The van der Waals surface area contributed by atoms with Crippen molar-refractivity contribution in [2.45, 2.75) is 0 Å². The largest absolute Gasteiger partial charge is 0.456 e. The topological polar surface area (TPSA) is 55.1 Å². The summed E-state index contributed by atoms with van der Waals surface area (Å²) in [5, 5.41) is 1.99. The van der Waals surface area contributed by atoms with E-state index < -0.39 is 0 Å². The maximum Gasteiger partial charge on any atom is 0.164 e. The van der Waals surface area contributed by atoms with Gasteiger partial charge >= 0.3 is 0 Å². The Morgan fingerprint density at radius 2 is 0.768 bits per heavy atom. The predicted octanol–water partition coefficient (Wildman–Crippen LogP) is 13.6. The van der Waals surface area contributed by atoms with Crippen LogP contribution in [-0.4, -0.2) is 15.0 Å². The summed E-state index contributed by atoms with van der Waals surface area (Å²) in [6, 6.07) is 71.1. The van der Waals surface area contributed by atoms with Crippen molar-refractivity contribution in [2.24, 2.45) is 0 Å². The molecule has 10 aromatic rings. The molecular formula is C51H34N4O. The van der Waals surface area contributed by atoms with Crippen molar-refractivity contribution in [3.05, 3.63) is 206 Å². The van der Waals surface area contributed by atoms with Gasteiger partial charge < -0.3 is 9.32 Å². The van der Waals surface area contributed by atoms with Crippen LogP contribution in [-0.2, 0) is 0 Å². The van der Waals surface area contributed by atoms with Crippen LogP contribution in [0.25, 0.3) is 78.4 Å². The fraction of sp³-hybridized carbons (Fsp3) is 0. The van der Waals surface area contributed by atoms with Gasteiger partial charge in [-0.3, -0.25) is 0 Å². The molecule has 2 aromatic heterocycles. The number of anilines is 3. The summed E-state index contributed by atoms with van der Waals surface area (Å²) >= 11 is 0. The summed E-state index contributed by atoms with van der Waals surface area (Å²) in [6.45, 7) is 0. The van der Waals surface area contributed by atoms with E-state index >= 15 is 0 Å². The second-order valence-electron chi connectivity index (χ2n) is 13.7. The Labute approximate surface area is 324 Å². The van der Waals surface area contributed by atoms with Crippen LogP contribution in [0.4, 0.5) is 17.1 Å². The molecule has 0 saturated heterocycles. The Morgan fingerprint density at radius 1 is 0.321 bits per heavy atom.